The van der Waals surface area contributed by atoms with Gasteiger partial charge in [-0.1, -0.05) is 30.3 Å². The van der Waals surface area contributed by atoms with Gasteiger partial charge in [0.1, 0.15) is 11.4 Å². The molecule has 6 nitrogen and oxygen atoms in total. The lowest BCUT2D eigenvalue weighted by Gasteiger charge is -2.45. The fourth-order valence-corrected chi connectivity index (χ4v) is 3.93. The van der Waals surface area contributed by atoms with Crippen LogP contribution in [-0.2, 0) is 16.0 Å². The lowest BCUT2D eigenvalue weighted by Crippen LogP contribution is -2.58. The van der Waals surface area contributed by atoms with Gasteiger partial charge in [-0.05, 0) is 18.4 Å². The van der Waals surface area contributed by atoms with Gasteiger partial charge in [0.2, 0.25) is 0 Å². The zero-order valence-electron chi connectivity index (χ0n) is 13.0. The van der Waals surface area contributed by atoms with E-state index in [0.717, 1.165) is 31.2 Å². The van der Waals surface area contributed by atoms with E-state index in [0.29, 0.717) is 25.6 Å². The number of benzene rings is 1. The van der Waals surface area contributed by atoms with Crippen LogP contribution in [0, 0.1) is 0 Å². The van der Waals surface area contributed by atoms with Gasteiger partial charge < -0.3 is 20.1 Å². The lowest BCUT2D eigenvalue weighted by molar-refractivity contribution is -0.186. The smallest absolute Gasteiger partial charge is 0.346 e. The molecule has 1 saturated heterocycles. The number of nitrogens with two attached hydrogens (primary N) is 1. The number of nitrogens with zero attached hydrogens (tertiary/aromatic N) is 2. The Labute approximate surface area is 135 Å². The van der Waals surface area contributed by atoms with Crippen molar-refractivity contribution in [3.05, 3.63) is 35.9 Å². The highest BCUT2D eigenvalue weighted by Crippen LogP contribution is 2.45. The zero-order valence-corrected chi connectivity index (χ0v) is 13.0. The first-order valence-corrected chi connectivity index (χ1v) is 8.12. The molecule has 4 rings (SSSR count). The second-order valence-electron chi connectivity index (χ2n) is 6.49. The van der Waals surface area contributed by atoms with Crippen molar-refractivity contribution in [2.24, 2.45) is 10.7 Å². The van der Waals surface area contributed by atoms with E-state index in [-0.39, 0.29) is 6.03 Å². The molecular formula is C17H21N3O3. The number of hydrogen-bond acceptors (Lipinski definition) is 4. The number of hydrogen-bond donors (Lipinski definition) is 1. The van der Waals surface area contributed by atoms with Crippen molar-refractivity contribution in [3.63, 3.8) is 0 Å². The Balaban J connectivity index is 1.57. The van der Waals surface area contributed by atoms with Crippen LogP contribution in [-0.4, -0.2) is 41.3 Å². The lowest BCUT2D eigenvalue weighted by atomic mass is 9.77. The van der Waals surface area contributed by atoms with E-state index in [2.05, 4.69) is 4.99 Å². The first-order chi connectivity index (χ1) is 11.1. The third-order valence-electron chi connectivity index (χ3n) is 5.28. The first-order valence-electron chi connectivity index (χ1n) is 8.12. The van der Waals surface area contributed by atoms with E-state index >= 15 is 0 Å². The molecule has 122 valence electrons. The Kier molecular flexibility index (Phi) is 3.39. The summed E-state index contributed by atoms with van der Waals surface area (Å²) in [7, 11) is 0. The third kappa shape index (κ3) is 2.33. The van der Waals surface area contributed by atoms with Crippen molar-refractivity contribution in [2.45, 2.75) is 43.6 Å². The van der Waals surface area contributed by atoms with E-state index < -0.39 is 11.3 Å². The van der Waals surface area contributed by atoms with E-state index in [1.165, 1.54) is 0 Å². The summed E-state index contributed by atoms with van der Waals surface area (Å²) in [5.74, 6) is -0.0402. The minimum Gasteiger partial charge on any atom is -0.385 e. The van der Waals surface area contributed by atoms with E-state index in [9.17, 15) is 4.79 Å². The summed E-state index contributed by atoms with van der Waals surface area (Å²) in [5, 5.41) is 0. The van der Waals surface area contributed by atoms with Gasteiger partial charge in [-0.3, -0.25) is 0 Å². The van der Waals surface area contributed by atoms with Gasteiger partial charge in [-0.15, -0.1) is 0 Å². The summed E-state index contributed by atoms with van der Waals surface area (Å²) in [6.45, 7) is 1.81. The summed E-state index contributed by atoms with van der Waals surface area (Å²) in [4.78, 5) is 18.2. The third-order valence-corrected chi connectivity index (χ3v) is 5.28. The van der Waals surface area contributed by atoms with Gasteiger partial charge in [-0.25, -0.2) is 4.79 Å². The molecule has 2 N–H and O–H groups in total. The molecule has 2 fully saturated rings. The number of aliphatic imine (C=N–C) groups is 1. The van der Waals surface area contributed by atoms with Crippen molar-refractivity contribution in [3.8, 4) is 0 Å². The van der Waals surface area contributed by atoms with E-state index in [4.69, 9.17) is 15.2 Å². The Hall–Kier alpha value is -1.92. The maximum absolute atomic E-state index is 12.4. The van der Waals surface area contributed by atoms with Crippen molar-refractivity contribution >= 4 is 11.9 Å². The fourth-order valence-electron chi connectivity index (χ4n) is 3.93. The van der Waals surface area contributed by atoms with Crippen molar-refractivity contribution in [1.29, 1.82) is 0 Å². The second kappa shape index (κ2) is 5.32. The molecule has 3 aliphatic rings. The maximum Gasteiger partial charge on any atom is 0.346 e. The number of amidine groups is 1. The molecule has 0 atom stereocenters. The molecule has 1 aliphatic carbocycles. The van der Waals surface area contributed by atoms with E-state index in [1.54, 1.807) is 0 Å². The summed E-state index contributed by atoms with van der Waals surface area (Å²) >= 11 is 0. The Morgan fingerprint density at radius 3 is 2.39 bits per heavy atom. The molecule has 6 heteroatoms. The van der Waals surface area contributed by atoms with Crippen molar-refractivity contribution in [1.82, 2.24) is 4.90 Å². The molecule has 2 spiro atoms. The Bertz CT molecular complexity index is 628. The monoisotopic (exact) mass is 315 g/mol. The molecule has 0 aromatic heterocycles. The molecular weight excluding hydrogens is 294 g/mol. The predicted molar refractivity (Wildman–Crippen MR) is 84.8 cm³/mol. The van der Waals surface area contributed by atoms with Crippen molar-refractivity contribution < 1.29 is 14.3 Å². The quantitative estimate of drug-likeness (QED) is 0.906. The number of urea groups is 1. The predicted octanol–water partition coefficient (Wildman–Crippen LogP) is 2.04. The standard InChI is InChI=1S/C17H21N3O3/c18-14-16(6-8-17(9-7-16)22-10-11-23-17)20(15(21)19-14)12-13-4-2-1-3-5-13/h1-5H,6-12H2,(H2,18,19,21). The van der Waals surface area contributed by atoms with Crippen LogP contribution >= 0.6 is 0 Å². The van der Waals surface area contributed by atoms with Crippen LogP contribution in [0.2, 0.25) is 0 Å². The Morgan fingerprint density at radius 1 is 1.09 bits per heavy atom. The second-order valence-corrected chi connectivity index (χ2v) is 6.49. The van der Waals surface area contributed by atoms with Crippen LogP contribution < -0.4 is 5.73 Å². The normalized spacial score (nSPS) is 25.3. The summed E-state index contributed by atoms with van der Waals surface area (Å²) < 4.78 is 11.6. The Morgan fingerprint density at radius 2 is 1.74 bits per heavy atom. The van der Waals surface area contributed by atoms with Gasteiger partial charge in [0.15, 0.2) is 5.79 Å². The van der Waals surface area contributed by atoms with Gasteiger partial charge in [-0.2, -0.15) is 4.99 Å². The first kappa shape index (κ1) is 14.7. The van der Waals surface area contributed by atoms with Crippen LogP contribution in [0.5, 0.6) is 0 Å². The van der Waals surface area contributed by atoms with Gasteiger partial charge >= 0.3 is 6.03 Å². The minimum atomic E-state index is -0.493. The number of rotatable bonds is 2. The van der Waals surface area contributed by atoms with Gasteiger partial charge in [0.05, 0.1) is 13.2 Å². The van der Waals surface area contributed by atoms with Crippen LogP contribution in [0.15, 0.2) is 35.3 Å². The highest BCUT2D eigenvalue weighted by Gasteiger charge is 2.54. The average Bonchev–Trinajstić information content (AvgIpc) is 3.11. The highest BCUT2D eigenvalue weighted by atomic mass is 16.7. The van der Waals surface area contributed by atoms with Gasteiger partial charge in [0, 0.05) is 19.4 Å². The highest BCUT2D eigenvalue weighted by molar-refractivity contribution is 6.05. The largest absolute Gasteiger partial charge is 0.385 e. The van der Waals surface area contributed by atoms with Gasteiger partial charge in [0.25, 0.3) is 0 Å². The average molecular weight is 315 g/mol. The summed E-state index contributed by atoms with van der Waals surface area (Å²) in [5.41, 5.74) is 6.76. The van der Waals surface area contributed by atoms with Crippen LogP contribution in [0.25, 0.3) is 0 Å². The number of amides is 2. The molecule has 2 amide bonds. The number of ether oxygens (including phenoxy) is 2. The molecule has 2 aliphatic heterocycles. The molecule has 0 unspecified atom stereocenters. The topological polar surface area (TPSA) is 77.2 Å². The minimum absolute atomic E-state index is 0.240. The van der Waals surface area contributed by atoms with Crippen LogP contribution in [0.1, 0.15) is 31.2 Å². The number of carbonyl (C=O) groups excluding carboxylic acids is 1. The van der Waals surface area contributed by atoms with Crippen LogP contribution in [0.3, 0.4) is 0 Å². The maximum atomic E-state index is 12.4. The molecule has 0 radical (unpaired) electrons. The molecule has 2 heterocycles. The molecule has 1 aromatic carbocycles. The summed E-state index contributed by atoms with van der Waals surface area (Å²) in [6.07, 6.45) is 2.92. The molecule has 0 bridgehead atoms. The number of carbonyl (C=O) groups is 1. The summed E-state index contributed by atoms with van der Waals surface area (Å²) in [6, 6.07) is 9.71. The van der Waals surface area contributed by atoms with Crippen molar-refractivity contribution in [2.75, 3.05) is 13.2 Å². The molecule has 1 aromatic rings. The fraction of sp³-hybridized carbons (Fsp3) is 0.529. The van der Waals surface area contributed by atoms with E-state index in [1.807, 2.05) is 35.2 Å². The molecule has 23 heavy (non-hydrogen) atoms. The SMILES string of the molecule is NC1=NC(=O)N(Cc2ccccc2)C12CCC1(CC2)OCCO1. The zero-order chi connectivity index (χ0) is 15.9. The molecule has 1 saturated carbocycles. The van der Waals surface area contributed by atoms with Crippen LogP contribution in [0.4, 0.5) is 4.79 Å².